The van der Waals surface area contributed by atoms with Crippen LogP contribution in [-0.4, -0.2) is 42.5 Å². The largest absolute Gasteiger partial charge is 0.493 e. The summed E-state index contributed by atoms with van der Waals surface area (Å²) in [7, 11) is 3.20. The summed E-state index contributed by atoms with van der Waals surface area (Å²) in [5.74, 6) is 1.29. The molecule has 1 amide bonds. The molecule has 1 atom stereocenters. The average Bonchev–Trinajstić information content (AvgIpc) is 2.77. The molecule has 8 nitrogen and oxygen atoms in total. The minimum Gasteiger partial charge on any atom is -0.493 e. The van der Waals surface area contributed by atoms with E-state index in [4.69, 9.17) is 21.1 Å². The Hall–Kier alpha value is -2.84. The molecule has 0 bridgehead atoms. The van der Waals surface area contributed by atoms with Gasteiger partial charge >= 0.3 is 0 Å². The van der Waals surface area contributed by atoms with E-state index in [0.29, 0.717) is 35.2 Å². The van der Waals surface area contributed by atoms with E-state index >= 15 is 0 Å². The average molecular weight is 476 g/mol. The fraction of sp³-hybridized carbons (Fsp3) is 0.458. The molecule has 2 aromatic rings. The number of benzene rings is 2. The van der Waals surface area contributed by atoms with Crippen LogP contribution in [0.15, 0.2) is 30.3 Å². The number of carbonyl (C=O) groups is 1. The monoisotopic (exact) mass is 475 g/mol. The summed E-state index contributed by atoms with van der Waals surface area (Å²) < 4.78 is 10.8. The molecule has 0 saturated carbocycles. The lowest BCUT2D eigenvalue weighted by molar-refractivity contribution is -0.384. The molecule has 0 spiro atoms. The number of hydrogen-bond acceptors (Lipinski definition) is 6. The second-order valence-corrected chi connectivity index (χ2v) is 9.61. The minimum atomic E-state index is -0.505. The number of amides is 1. The van der Waals surface area contributed by atoms with Crippen molar-refractivity contribution in [2.24, 2.45) is 5.41 Å². The van der Waals surface area contributed by atoms with Crippen molar-refractivity contribution in [1.29, 1.82) is 0 Å². The number of nitrogens with one attached hydrogen (secondary N) is 1. The Balaban J connectivity index is 1.80. The predicted molar refractivity (Wildman–Crippen MR) is 127 cm³/mol. The van der Waals surface area contributed by atoms with E-state index in [1.807, 2.05) is 37.8 Å². The van der Waals surface area contributed by atoms with E-state index < -0.39 is 11.0 Å². The van der Waals surface area contributed by atoms with Crippen LogP contribution in [0, 0.1) is 15.5 Å². The number of nitrogens with zero attached hydrogens (tertiary/aromatic N) is 2. The van der Waals surface area contributed by atoms with Crippen molar-refractivity contribution < 1.29 is 19.2 Å². The third kappa shape index (κ3) is 5.57. The fourth-order valence-corrected chi connectivity index (χ4v) is 4.22. The molecular formula is C24H30ClN3O5. The van der Waals surface area contributed by atoms with Crippen molar-refractivity contribution in [2.75, 3.05) is 20.8 Å². The first-order chi connectivity index (χ1) is 15.5. The van der Waals surface area contributed by atoms with Crippen molar-refractivity contribution in [3.63, 3.8) is 0 Å². The Kier molecular flexibility index (Phi) is 7.49. The molecule has 0 fully saturated rings. The van der Waals surface area contributed by atoms with Crippen LogP contribution in [0.5, 0.6) is 11.5 Å². The van der Waals surface area contributed by atoms with Gasteiger partial charge in [0.05, 0.1) is 25.2 Å². The summed E-state index contributed by atoms with van der Waals surface area (Å²) in [5.41, 5.74) is 2.32. The molecule has 1 N–H and O–H groups in total. The van der Waals surface area contributed by atoms with E-state index in [-0.39, 0.29) is 23.6 Å². The van der Waals surface area contributed by atoms with Crippen molar-refractivity contribution in [2.45, 2.75) is 46.3 Å². The topological polar surface area (TPSA) is 93.9 Å². The SMILES string of the molecule is COc1cc2c(cc1OC)CN(C(=O)[C@@H](NCc1cc([N+](=O)[O-])ccc1Cl)C(C)(C)C)CC2. The molecule has 0 saturated heterocycles. The third-order valence-corrected chi connectivity index (χ3v) is 6.25. The maximum Gasteiger partial charge on any atom is 0.269 e. The number of fused-ring (bicyclic) bond motifs is 1. The molecule has 0 aromatic heterocycles. The van der Waals surface area contributed by atoms with E-state index in [0.717, 1.165) is 17.5 Å². The van der Waals surface area contributed by atoms with E-state index in [9.17, 15) is 14.9 Å². The highest BCUT2D eigenvalue weighted by molar-refractivity contribution is 6.31. The van der Waals surface area contributed by atoms with E-state index in [1.165, 1.54) is 18.2 Å². The molecule has 0 unspecified atom stereocenters. The van der Waals surface area contributed by atoms with E-state index in [2.05, 4.69) is 5.32 Å². The lowest BCUT2D eigenvalue weighted by atomic mass is 9.85. The third-order valence-electron chi connectivity index (χ3n) is 5.88. The van der Waals surface area contributed by atoms with Gasteiger partial charge in [0.2, 0.25) is 5.91 Å². The maximum absolute atomic E-state index is 13.6. The van der Waals surface area contributed by atoms with Gasteiger partial charge in [0.1, 0.15) is 0 Å². The van der Waals surface area contributed by atoms with Crippen LogP contribution in [0.2, 0.25) is 5.02 Å². The molecule has 1 aliphatic heterocycles. The van der Waals surface area contributed by atoms with Crippen LogP contribution < -0.4 is 14.8 Å². The number of non-ortho nitro benzene ring substituents is 1. The zero-order chi connectivity index (χ0) is 24.3. The second-order valence-electron chi connectivity index (χ2n) is 9.20. The highest BCUT2D eigenvalue weighted by Gasteiger charge is 2.35. The molecule has 178 valence electrons. The van der Waals surface area contributed by atoms with Crippen molar-refractivity contribution in [1.82, 2.24) is 10.2 Å². The molecule has 2 aromatic carbocycles. The van der Waals surface area contributed by atoms with Gasteiger partial charge in [-0.25, -0.2) is 0 Å². The molecule has 9 heteroatoms. The number of hydrogen-bond donors (Lipinski definition) is 1. The summed E-state index contributed by atoms with van der Waals surface area (Å²) in [4.78, 5) is 26.1. The van der Waals surface area contributed by atoms with E-state index in [1.54, 1.807) is 14.2 Å². The number of halogens is 1. The van der Waals surface area contributed by atoms with Gasteiger partial charge in [0, 0.05) is 36.8 Å². The van der Waals surface area contributed by atoms with Gasteiger partial charge in [-0.15, -0.1) is 0 Å². The lowest BCUT2D eigenvalue weighted by Gasteiger charge is -2.37. The Labute approximate surface area is 199 Å². The molecule has 1 aliphatic rings. The number of nitro benzene ring substituents is 1. The quantitative estimate of drug-likeness (QED) is 0.472. The fourth-order valence-electron chi connectivity index (χ4n) is 4.04. The van der Waals surface area contributed by atoms with Crippen LogP contribution in [0.4, 0.5) is 5.69 Å². The standard InChI is InChI=1S/C24H30ClN3O5/c1-24(2,3)22(26-13-16-10-18(28(30)31)6-7-19(16)25)23(29)27-9-8-15-11-20(32-4)21(33-5)12-17(15)14-27/h6-7,10-12,22,26H,8-9,13-14H2,1-5H3/t22-/m1/s1. The highest BCUT2D eigenvalue weighted by Crippen LogP contribution is 2.34. The van der Waals surface area contributed by atoms with Crippen molar-refractivity contribution >= 4 is 23.2 Å². The molecule has 0 aliphatic carbocycles. The first-order valence-electron chi connectivity index (χ1n) is 10.7. The van der Waals surface area contributed by atoms with Gasteiger partial charge in [-0.3, -0.25) is 14.9 Å². The number of ether oxygens (including phenoxy) is 2. The minimum absolute atomic E-state index is 0.0236. The molecule has 33 heavy (non-hydrogen) atoms. The predicted octanol–water partition coefficient (Wildman–Crippen LogP) is 4.35. The van der Waals surface area contributed by atoms with Gasteiger partial charge in [0.25, 0.3) is 5.69 Å². The zero-order valence-electron chi connectivity index (χ0n) is 19.6. The number of nitro groups is 1. The van der Waals surface area contributed by atoms with Gasteiger partial charge in [0.15, 0.2) is 11.5 Å². The Bertz CT molecular complexity index is 1050. The zero-order valence-corrected chi connectivity index (χ0v) is 20.4. The Morgan fingerprint density at radius 1 is 1.18 bits per heavy atom. The first kappa shape index (κ1) is 24.8. The Morgan fingerprint density at radius 3 is 2.39 bits per heavy atom. The summed E-state index contributed by atoms with van der Waals surface area (Å²) >= 11 is 6.26. The molecular weight excluding hydrogens is 446 g/mol. The lowest BCUT2D eigenvalue weighted by Crippen LogP contribution is -2.53. The normalized spacial score (nSPS) is 14.4. The summed E-state index contributed by atoms with van der Waals surface area (Å²) in [6.45, 7) is 7.27. The van der Waals surface area contributed by atoms with Crippen LogP contribution in [0.25, 0.3) is 0 Å². The first-order valence-corrected chi connectivity index (χ1v) is 11.1. The van der Waals surface area contributed by atoms with Crippen LogP contribution >= 0.6 is 11.6 Å². The van der Waals surface area contributed by atoms with Crippen LogP contribution in [0.1, 0.15) is 37.5 Å². The van der Waals surface area contributed by atoms with Gasteiger partial charge in [-0.2, -0.15) is 0 Å². The van der Waals surface area contributed by atoms with Crippen LogP contribution in [0.3, 0.4) is 0 Å². The molecule has 3 rings (SSSR count). The summed E-state index contributed by atoms with van der Waals surface area (Å²) in [6.07, 6.45) is 0.717. The molecule has 0 radical (unpaired) electrons. The van der Waals surface area contributed by atoms with Crippen LogP contribution in [-0.2, 0) is 24.3 Å². The smallest absolute Gasteiger partial charge is 0.269 e. The maximum atomic E-state index is 13.6. The number of rotatable bonds is 7. The highest BCUT2D eigenvalue weighted by atomic mass is 35.5. The van der Waals surface area contributed by atoms with Gasteiger partial charge in [-0.1, -0.05) is 32.4 Å². The van der Waals surface area contributed by atoms with Crippen molar-refractivity contribution in [3.8, 4) is 11.5 Å². The summed E-state index contributed by atoms with van der Waals surface area (Å²) in [5, 5.41) is 14.8. The summed E-state index contributed by atoms with van der Waals surface area (Å²) in [6, 6.07) is 7.71. The number of methoxy groups -OCH3 is 2. The number of carbonyl (C=O) groups excluding carboxylic acids is 1. The Morgan fingerprint density at radius 2 is 1.82 bits per heavy atom. The second kappa shape index (κ2) is 9.97. The van der Waals surface area contributed by atoms with Gasteiger partial charge in [-0.05, 0) is 46.7 Å². The van der Waals surface area contributed by atoms with Gasteiger partial charge < -0.3 is 19.7 Å². The molecule has 1 heterocycles. The van der Waals surface area contributed by atoms with Crippen molar-refractivity contribution in [3.05, 3.63) is 62.2 Å².